The van der Waals surface area contributed by atoms with Crippen LogP contribution in [0.25, 0.3) is 0 Å². The highest BCUT2D eigenvalue weighted by Gasteiger charge is 2.04. The molecule has 0 unspecified atom stereocenters. The van der Waals surface area contributed by atoms with Crippen molar-refractivity contribution in [2.75, 3.05) is 19.3 Å². The number of urea groups is 1. The fourth-order valence-electron chi connectivity index (χ4n) is 1.42. The van der Waals surface area contributed by atoms with Crippen molar-refractivity contribution < 1.29 is 23.1 Å². The van der Waals surface area contributed by atoms with Crippen LogP contribution in [0.2, 0.25) is 0 Å². The second-order valence-corrected chi connectivity index (χ2v) is 6.11. The molecule has 0 fully saturated rings. The molecule has 0 aliphatic heterocycles. The lowest BCUT2D eigenvalue weighted by Gasteiger charge is -2.08. The Morgan fingerprint density at radius 2 is 1.71 bits per heavy atom. The summed E-state index contributed by atoms with van der Waals surface area (Å²) in [6, 6.07) is 5.68. The molecule has 0 aromatic heterocycles. The molecule has 4 N–H and O–H groups in total. The molecule has 0 aliphatic carbocycles. The van der Waals surface area contributed by atoms with E-state index in [-0.39, 0.29) is 25.2 Å². The first kappa shape index (κ1) is 16.9. The van der Waals surface area contributed by atoms with Gasteiger partial charge in [0.1, 0.15) is 0 Å². The molecule has 0 spiro atoms. The van der Waals surface area contributed by atoms with Crippen molar-refractivity contribution >= 4 is 22.0 Å². The van der Waals surface area contributed by atoms with Crippen LogP contribution in [0.15, 0.2) is 24.3 Å². The molecule has 116 valence electrons. The van der Waals surface area contributed by atoms with Gasteiger partial charge in [0.2, 0.25) is 10.0 Å². The number of hydrogen-bond donors (Lipinski definition) is 4. The summed E-state index contributed by atoms with van der Waals surface area (Å²) < 4.78 is 23.8. The third kappa shape index (κ3) is 7.28. The maximum Gasteiger partial charge on any atom is 0.335 e. The van der Waals surface area contributed by atoms with Crippen molar-refractivity contribution in [2.45, 2.75) is 6.54 Å². The summed E-state index contributed by atoms with van der Waals surface area (Å²) in [5.41, 5.74) is 0.930. The van der Waals surface area contributed by atoms with Crippen LogP contribution in [0.1, 0.15) is 15.9 Å². The van der Waals surface area contributed by atoms with Crippen molar-refractivity contribution in [3.63, 3.8) is 0 Å². The molecule has 8 nitrogen and oxygen atoms in total. The van der Waals surface area contributed by atoms with E-state index in [1.165, 1.54) is 12.1 Å². The van der Waals surface area contributed by atoms with E-state index in [1.807, 2.05) is 0 Å². The number of rotatable bonds is 7. The van der Waals surface area contributed by atoms with E-state index in [0.717, 1.165) is 11.8 Å². The molecule has 0 saturated carbocycles. The SMILES string of the molecule is CS(=O)(=O)NCCNC(=O)NCc1ccc(C(=O)O)cc1. The zero-order valence-corrected chi connectivity index (χ0v) is 12.2. The predicted octanol–water partition coefficient (Wildman–Crippen LogP) is -0.267. The molecule has 1 aromatic carbocycles. The molecule has 0 radical (unpaired) electrons. The number of benzene rings is 1. The summed E-state index contributed by atoms with van der Waals surface area (Å²) >= 11 is 0. The Kier molecular flexibility index (Phi) is 6.12. The number of carbonyl (C=O) groups is 2. The maximum atomic E-state index is 11.4. The van der Waals surface area contributed by atoms with Crippen LogP contribution in [0.5, 0.6) is 0 Å². The van der Waals surface area contributed by atoms with E-state index in [4.69, 9.17) is 5.11 Å². The zero-order chi connectivity index (χ0) is 15.9. The first-order valence-electron chi connectivity index (χ1n) is 6.06. The van der Waals surface area contributed by atoms with Gasteiger partial charge < -0.3 is 15.7 Å². The summed E-state index contributed by atoms with van der Waals surface area (Å²) in [7, 11) is -3.26. The molecule has 0 bridgehead atoms. The number of nitrogens with one attached hydrogen (secondary N) is 3. The lowest BCUT2D eigenvalue weighted by atomic mass is 10.1. The third-order valence-electron chi connectivity index (χ3n) is 2.43. The van der Waals surface area contributed by atoms with E-state index in [0.29, 0.717) is 0 Å². The highest BCUT2D eigenvalue weighted by atomic mass is 32.2. The van der Waals surface area contributed by atoms with E-state index in [2.05, 4.69) is 15.4 Å². The van der Waals surface area contributed by atoms with Crippen LogP contribution in [-0.2, 0) is 16.6 Å². The Hall–Kier alpha value is -2.13. The van der Waals surface area contributed by atoms with Gasteiger partial charge in [-0.3, -0.25) is 0 Å². The Balaban J connectivity index is 2.28. The quantitative estimate of drug-likeness (QED) is 0.516. The van der Waals surface area contributed by atoms with Crippen molar-refractivity contribution in [1.82, 2.24) is 15.4 Å². The maximum absolute atomic E-state index is 11.4. The Morgan fingerprint density at radius 1 is 1.10 bits per heavy atom. The molecular weight excluding hydrogens is 298 g/mol. The molecule has 1 rings (SSSR count). The van der Waals surface area contributed by atoms with Gasteiger partial charge in [0.15, 0.2) is 0 Å². The highest BCUT2D eigenvalue weighted by Crippen LogP contribution is 2.03. The van der Waals surface area contributed by atoms with Gasteiger partial charge in [-0.25, -0.2) is 22.7 Å². The molecule has 1 aromatic rings. The van der Waals surface area contributed by atoms with Crippen LogP contribution in [0, 0.1) is 0 Å². The van der Waals surface area contributed by atoms with Gasteiger partial charge in [0, 0.05) is 19.6 Å². The minimum absolute atomic E-state index is 0.111. The van der Waals surface area contributed by atoms with Gasteiger partial charge in [-0.15, -0.1) is 0 Å². The minimum Gasteiger partial charge on any atom is -0.478 e. The number of aromatic carboxylic acids is 1. The molecule has 2 amide bonds. The van der Waals surface area contributed by atoms with Gasteiger partial charge in [-0.2, -0.15) is 0 Å². The summed E-state index contributed by atoms with van der Waals surface area (Å²) in [5.74, 6) is -1.01. The number of sulfonamides is 1. The fraction of sp³-hybridized carbons (Fsp3) is 0.333. The van der Waals surface area contributed by atoms with Crippen molar-refractivity contribution in [2.24, 2.45) is 0 Å². The summed E-state index contributed by atoms with van der Waals surface area (Å²) in [5, 5.41) is 13.8. The summed E-state index contributed by atoms with van der Waals surface area (Å²) in [6.45, 7) is 0.516. The second-order valence-electron chi connectivity index (χ2n) is 4.28. The molecule has 0 heterocycles. The Labute approximate surface area is 122 Å². The molecule has 9 heteroatoms. The normalized spacial score (nSPS) is 10.9. The highest BCUT2D eigenvalue weighted by molar-refractivity contribution is 7.88. The van der Waals surface area contributed by atoms with Crippen LogP contribution in [0.4, 0.5) is 4.79 Å². The smallest absolute Gasteiger partial charge is 0.335 e. The minimum atomic E-state index is -3.26. The number of hydrogen-bond acceptors (Lipinski definition) is 4. The standard InChI is InChI=1S/C12H17N3O5S/c1-21(19,20)15-7-6-13-12(18)14-8-9-2-4-10(5-3-9)11(16)17/h2-5,15H,6-8H2,1H3,(H,16,17)(H2,13,14,18). The van der Waals surface area contributed by atoms with Gasteiger partial charge in [-0.1, -0.05) is 12.1 Å². The fourth-order valence-corrected chi connectivity index (χ4v) is 1.90. The van der Waals surface area contributed by atoms with E-state index in [9.17, 15) is 18.0 Å². The van der Waals surface area contributed by atoms with Crippen molar-refractivity contribution in [3.8, 4) is 0 Å². The second kappa shape index (κ2) is 7.60. The molecule has 0 aliphatic rings. The summed E-state index contributed by atoms with van der Waals surface area (Å²) in [4.78, 5) is 22.1. The van der Waals surface area contributed by atoms with Crippen LogP contribution in [0.3, 0.4) is 0 Å². The van der Waals surface area contributed by atoms with Crippen molar-refractivity contribution in [3.05, 3.63) is 35.4 Å². The lowest BCUT2D eigenvalue weighted by Crippen LogP contribution is -2.39. The third-order valence-corrected chi connectivity index (χ3v) is 3.16. The van der Waals surface area contributed by atoms with E-state index >= 15 is 0 Å². The van der Waals surface area contributed by atoms with Crippen LogP contribution in [-0.4, -0.2) is 44.9 Å². The van der Waals surface area contributed by atoms with Gasteiger partial charge >= 0.3 is 12.0 Å². The first-order chi connectivity index (χ1) is 9.78. The first-order valence-corrected chi connectivity index (χ1v) is 7.95. The average molecular weight is 315 g/mol. The average Bonchev–Trinajstić information content (AvgIpc) is 2.41. The van der Waals surface area contributed by atoms with Gasteiger partial charge in [-0.05, 0) is 17.7 Å². The Morgan fingerprint density at radius 3 is 2.24 bits per heavy atom. The zero-order valence-electron chi connectivity index (χ0n) is 11.4. The molecule has 0 atom stereocenters. The van der Waals surface area contributed by atoms with Crippen LogP contribution < -0.4 is 15.4 Å². The Bertz CT molecular complexity index is 598. The van der Waals surface area contributed by atoms with Gasteiger partial charge in [0.05, 0.1) is 11.8 Å². The molecule has 21 heavy (non-hydrogen) atoms. The topological polar surface area (TPSA) is 125 Å². The van der Waals surface area contributed by atoms with E-state index < -0.39 is 22.0 Å². The number of amides is 2. The largest absolute Gasteiger partial charge is 0.478 e. The van der Waals surface area contributed by atoms with Crippen molar-refractivity contribution in [1.29, 1.82) is 0 Å². The monoisotopic (exact) mass is 315 g/mol. The lowest BCUT2D eigenvalue weighted by molar-refractivity contribution is 0.0697. The number of carboxylic acids is 1. The van der Waals surface area contributed by atoms with E-state index in [1.54, 1.807) is 12.1 Å². The predicted molar refractivity (Wildman–Crippen MR) is 76.5 cm³/mol. The molecular formula is C12H17N3O5S. The van der Waals surface area contributed by atoms with Crippen LogP contribution >= 0.6 is 0 Å². The van der Waals surface area contributed by atoms with Gasteiger partial charge in [0.25, 0.3) is 0 Å². The number of carbonyl (C=O) groups excluding carboxylic acids is 1. The number of carboxylic acid groups (broad SMARTS) is 1. The molecule has 0 saturated heterocycles. The summed E-state index contributed by atoms with van der Waals surface area (Å²) in [6.07, 6.45) is 1.04.